The third-order valence-corrected chi connectivity index (χ3v) is 12.7. The van der Waals surface area contributed by atoms with Crippen LogP contribution >= 0.6 is 0 Å². The maximum absolute atomic E-state index is 5.62. The molecule has 14 rings (SSSR count). The average molecular weight is 750 g/mol. The van der Waals surface area contributed by atoms with Crippen LogP contribution in [0.5, 0.6) is 0 Å². The second kappa shape index (κ2) is 11.3. The van der Waals surface area contributed by atoms with Gasteiger partial charge in [0.05, 0.1) is 49.7 Å². The highest BCUT2D eigenvalue weighted by Gasteiger charge is 2.27. The van der Waals surface area contributed by atoms with Crippen LogP contribution in [0.1, 0.15) is 0 Å². The van der Waals surface area contributed by atoms with Crippen molar-refractivity contribution in [2.24, 2.45) is 0 Å². The first kappa shape index (κ1) is 31.1. The van der Waals surface area contributed by atoms with Crippen LogP contribution in [-0.4, -0.2) is 23.5 Å². The first-order valence-electron chi connectivity index (χ1n) is 20.2. The summed E-state index contributed by atoms with van der Waals surface area (Å²) in [6, 6.07) is 67.9. The van der Waals surface area contributed by atoms with E-state index in [1.54, 1.807) is 0 Å². The predicted molar refractivity (Wildman–Crippen MR) is 246 cm³/mol. The molecule has 0 aliphatic rings. The van der Waals surface area contributed by atoms with Gasteiger partial charge in [-0.3, -0.25) is 4.57 Å². The molecule has 0 aliphatic heterocycles. The van der Waals surface area contributed by atoms with Gasteiger partial charge in [0.15, 0.2) is 5.82 Å². The highest BCUT2D eigenvalue weighted by Crippen LogP contribution is 2.48. The zero-order valence-corrected chi connectivity index (χ0v) is 31.6. The lowest BCUT2D eigenvalue weighted by molar-refractivity contribution is 1.08. The van der Waals surface area contributed by atoms with Gasteiger partial charge in [-0.2, -0.15) is 0 Å². The molecule has 0 aliphatic carbocycles. The Balaban J connectivity index is 1.19. The van der Waals surface area contributed by atoms with E-state index in [2.05, 4.69) is 202 Å². The molecule has 0 atom stereocenters. The Morgan fingerprint density at radius 2 is 0.932 bits per heavy atom. The summed E-state index contributed by atoms with van der Waals surface area (Å²) in [4.78, 5) is 11.2. The number of nitrogens with zero attached hydrogens (tertiary/aromatic N) is 5. The second-order valence-corrected chi connectivity index (χ2v) is 15.7. The van der Waals surface area contributed by atoms with Gasteiger partial charge >= 0.3 is 0 Å². The summed E-state index contributed by atoms with van der Waals surface area (Å²) in [5.41, 5.74) is 12.9. The first-order chi connectivity index (χ1) is 29.3. The van der Waals surface area contributed by atoms with Crippen LogP contribution in [0.2, 0.25) is 0 Å². The van der Waals surface area contributed by atoms with E-state index in [1.807, 2.05) is 0 Å². The SMILES string of the molecule is c1ccc(-n2c3ccccc3c3ccc(-c4nc5ccccc5nc4-n4c5ccccc5c5cc6c7ccccc7n7c8ccc9ccccc9c8c(c54)c67)cc32)cc1. The largest absolute Gasteiger partial charge is 0.309 e. The van der Waals surface area contributed by atoms with E-state index in [0.717, 1.165) is 50.3 Å². The number of aromatic nitrogens is 5. The van der Waals surface area contributed by atoms with Crippen molar-refractivity contribution in [3.63, 3.8) is 0 Å². The van der Waals surface area contributed by atoms with Crippen LogP contribution < -0.4 is 0 Å². The molecule has 9 aromatic carbocycles. The first-order valence-corrected chi connectivity index (χ1v) is 20.2. The van der Waals surface area contributed by atoms with Crippen molar-refractivity contribution < 1.29 is 0 Å². The van der Waals surface area contributed by atoms with E-state index in [0.29, 0.717) is 0 Å². The highest BCUT2D eigenvalue weighted by atomic mass is 15.1. The summed E-state index contributed by atoms with van der Waals surface area (Å²) in [7, 11) is 0. The van der Waals surface area contributed by atoms with E-state index >= 15 is 0 Å². The van der Waals surface area contributed by atoms with Gasteiger partial charge in [0.2, 0.25) is 0 Å². The molecule has 0 amide bonds. The third-order valence-electron chi connectivity index (χ3n) is 12.7. The van der Waals surface area contributed by atoms with Crippen molar-refractivity contribution in [2.45, 2.75) is 0 Å². The molecule has 0 fully saturated rings. The summed E-state index contributed by atoms with van der Waals surface area (Å²) >= 11 is 0. The molecule has 272 valence electrons. The number of rotatable bonds is 3. The van der Waals surface area contributed by atoms with E-state index in [1.165, 1.54) is 75.9 Å². The molecule has 5 nitrogen and oxygen atoms in total. The summed E-state index contributed by atoms with van der Waals surface area (Å²) in [5, 5.41) is 12.3. The maximum atomic E-state index is 5.62. The molecule has 5 heteroatoms. The Bertz CT molecular complexity index is 4070. The molecular formula is C54H31N5. The van der Waals surface area contributed by atoms with Gasteiger partial charge in [0.1, 0.15) is 5.69 Å². The number of hydrogen-bond acceptors (Lipinski definition) is 2. The van der Waals surface area contributed by atoms with Gasteiger partial charge in [-0.15, -0.1) is 0 Å². The van der Waals surface area contributed by atoms with Crippen LogP contribution in [-0.2, 0) is 0 Å². The maximum Gasteiger partial charge on any atom is 0.165 e. The smallest absolute Gasteiger partial charge is 0.165 e. The van der Waals surface area contributed by atoms with E-state index in [9.17, 15) is 0 Å². The lowest BCUT2D eigenvalue weighted by Crippen LogP contribution is -2.04. The standard InChI is InChI=1S/C54H31N5/c1-2-15-34(16-3-1)57-44-23-11-6-18-36(44)39-28-26-33(30-48(39)57)51-54(56-43-22-10-9-21-42(43)55-51)59-46-25-13-8-20-38(46)41-31-40-37-19-7-12-24-45(37)58-47-29-27-32-14-4-5-17-35(32)49(47)50(52(40)58)53(41)59/h1-31H. The molecule has 0 N–H and O–H groups in total. The van der Waals surface area contributed by atoms with Gasteiger partial charge in [0, 0.05) is 54.3 Å². The molecule has 59 heavy (non-hydrogen) atoms. The monoisotopic (exact) mass is 749 g/mol. The van der Waals surface area contributed by atoms with Crippen molar-refractivity contribution in [1.82, 2.24) is 23.5 Å². The molecule has 5 heterocycles. The Morgan fingerprint density at radius 1 is 0.339 bits per heavy atom. The van der Waals surface area contributed by atoms with E-state index in [-0.39, 0.29) is 0 Å². The number of fused-ring (bicyclic) bond motifs is 16. The zero-order chi connectivity index (χ0) is 38.3. The van der Waals surface area contributed by atoms with E-state index in [4.69, 9.17) is 9.97 Å². The lowest BCUT2D eigenvalue weighted by atomic mass is 9.99. The minimum atomic E-state index is 0.809. The topological polar surface area (TPSA) is 40.0 Å². The van der Waals surface area contributed by atoms with Crippen molar-refractivity contribution in [1.29, 1.82) is 0 Å². The summed E-state index contributed by atoms with van der Waals surface area (Å²) in [6.07, 6.45) is 0. The Morgan fingerprint density at radius 3 is 1.73 bits per heavy atom. The molecule has 0 unspecified atom stereocenters. The van der Waals surface area contributed by atoms with Crippen LogP contribution in [0, 0.1) is 0 Å². The normalized spacial score (nSPS) is 12.4. The van der Waals surface area contributed by atoms with Crippen molar-refractivity contribution in [3.05, 3.63) is 188 Å². The minimum Gasteiger partial charge on any atom is -0.309 e. The summed E-state index contributed by atoms with van der Waals surface area (Å²) < 4.78 is 7.29. The van der Waals surface area contributed by atoms with Crippen LogP contribution in [0.3, 0.4) is 0 Å². The highest BCUT2D eigenvalue weighted by molar-refractivity contribution is 6.37. The molecule has 14 aromatic rings. The van der Waals surface area contributed by atoms with Gasteiger partial charge in [-0.05, 0) is 71.4 Å². The summed E-state index contributed by atoms with van der Waals surface area (Å²) in [5.74, 6) is 0.809. The van der Waals surface area contributed by atoms with Crippen LogP contribution in [0.15, 0.2) is 188 Å². The number of hydrogen-bond donors (Lipinski definition) is 0. The zero-order valence-electron chi connectivity index (χ0n) is 31.6. The molecule has 5 aromatic heterocycles. The second-order valence-electron chi connectivity index (χ2n) is 15.7. The Kier molecular flexibility index (Phi) is 5.96. The van der Waals surface area contributed by atoms with Gasteiger partial charge in [-0.25, -0.2) is 9.97 Å². The van der Waals surface area contributed by atoms with Gasteiger partial charge in [-0.1, -0.05) is 127 Å². The molecule has 0 bridgehead atoms. The van der Waals surface area contributed by atoms with Crippen molar-refractivity contribution in [3.8, 4) is 22.8 Å². The van der Waals surface area contributed by atoms with Crippen molar-refractivity contribution >= 4 is 104 Å². The fourth-order valence-corrected chi connectivity index (χ4v) is 10.3. The predicted octanol–water partition coefficient (Wildman–Crippen LogP) is 13.8. The molecule has 0 saturated heterocycles. The van der Waals surface area contributed by atoms with E-state index < -0.39 is 0 Å². The Labute approximate surface area is 336 Å². The summed E-state index contributed by atoms with van der Waals surface area (Å²) in [6.45, 7) is 0. The number of benzene rings is 9. The van der Waals surface area contributed by atoms with Crippen molar-refractivity contribution in [2.75, 3.05) is 0 Å². The molecule has 0 saturated carbocycles. The fourth-order valence-electron chi connectivity index (χ4n) is 10.3. The third kappa shape index (κ3) is 4.03. The van der Waals surface area contributed by atoms with Crippen LogP contribution in [0.4, 0.5) is 0 Å². The molecule has 0 spiro atoms. The fraction of sp³-hybridized carbons (Fsp3) is 0. The quantitative estimate of drug-likeness (QED) is 0.180. The number of para-hydroxylation sites is 6. The lowest BCUT2D eigenvalue weighted by Gasteiger charge is -2.15. The minimum absolute atomic E-state index is 0.809. The van der Waals surface area contributed by atoms with Crippen LogP contribution in [0.25, 0.3) is 126 Å². The molecule has 0 radical (unpaired) electrons. The average Bonchev–Trinajstić information content (AvgIpc) is 4.03. The molecular weight excluding hydrogens is 719 g/mol. The Hall–Kier alpha value is -8.02. The van der Waals surface area contributed by atoms with Gasteiger partial charge < -0.3 is 8.97 Å². The van der Waals surface area contributed by atoms with Gasteiger partial charge in [0.25, 0.3) is 0 Å².